The summed E-state index contributed by atoms with van der Waals surface area (Å²) in [5, 5.41) is 0. The fraction of sp³-hybridized carbons (Fsp3) is 0.667. The van der Waals surface area contributed by atoms with Gasteiger partial charge in [-0.1, -0.05) is 13.5 Å². The Morgan fingerprint density at radius 2 is 2.15 bits per heavy atom. The van der Waals surface area contributed by atoms with Gasteiger partial charge in [0.25, 0.3) is 0 Å². The Balaban J connectivity index is 3.83. The predicted octanol–water partition coefficient (Wildman–Crippen LogP) is 0.962. The highest BCUT2D eigenvalue weighted by atomic mass is 28.2. The first-order valence-corrected chi connectivity index (χ1v) is 5.95. The van der Waals surface area contributed by atoms with E-state index < -0.39 is 9.76 Å². The molecule has 1 unspecified atom stereocenters. The van der Waals surface area contributed by atoms with Crippen LogP contribution in [-0.2, 0) is 14.0 Å². The summed E-state index contributed by atoms with van der Waals surface area (Å²) in [5.41, 5.74) is 0.438. The van der Waals surface area contributed by atoms with E-state index >= 15 is 0 Å². The van der Waals surface area contributed by atoms with Gasteiger partial charge in [0.2, 0.25) is 9.76 Å². The molecule has 0 aromatic rings. The number of hydrogen-bond donors (Lipinski definition) is 0. The Morgan fingerprint density at radius 1 is 1.54 bits per heavy atom. The molecular weight excluding hydrogens is 184 g/mol. The Kier molecular flexibility index (Phi) is 6.53. The van der Waals surface area contributed by atoms with Gasteiger partial charge in [-0.25, -0.2) is 4.79 Å². The summed E-state index contributed by atoms with van der Waals surface area (Å²) >= 11 is 0. The molecular formula is C9H18O3Si. The third-order valence-corrected chi connectivity index (χ3v) is 3.35. The average Bonchev–Trinajstić information content (AvgIpc) is 2.11. The van der Waals surface area contributed by atoms with Crippen molar-refractivity contribution >= 4 is 15.7 Å². The molecule has 0 rings (SSSR count). The van der Waals surface area contributed by atoms with Crippen molar-refractivity contribution in [2.24, 2.45) is 0 Å². The van der Waals surface area contributed by atoms with Gasteiger partial charge >= 0.3 is 5.97 Å². The third kappa shape index (κ3) is 5.60. The van der Waals surface area contributed by atoms with Crippen LogP contribution in [0.5, 0.6) is 0 Å². The molecule has 3 nitrogen and oxygen atoms in total. The van der Waals surface area contributed by atoms with Crippen LogP contribution in [0.15, 0.2) is 12.2 Å². The second-order valence-corrected chi connectivity index (χ2v) is 4.53. The van der Waals surface area contributed by atoms with Gasteiger partial charge < -0.3 is 9.16 Å². The molecule has 0 heterocycles. The van der Waals surface area contributed by atoms with Crippen LogP contribution in [-0.4, -0.2) is 28.1 Å². The molecule has 76 valence electrons. The summed E-state index contributed by atoms with van der Waals surface area (Å²) in [4.78, 5) is 11.1. The normalized spacial score (nSPS) is 13.2. The van der Waals surface area contributed by atoms with Crippen molar-refractivity contribution in [2.75, 3.05) is 6.61 Å². The van der Waals surface area contributed by atoms with Crippen molar-refractivity contribution in [3.05, 3.63) is 12.2 Å². The molecule has 0 bridgehead atoms. The molecule has 0 aliphatic heterocycles. The maximum atomic E-state index is 11.1. The van der Waals surface area contributed by atoms with Crippen LogP contribution in [0.25, 0.3) is 0 Å². The lowest BCUT2D eigenvalue weighted by Crippen LogP contribution is -2.26. The summed E-state index contributed by atoms with van der Waals surface area (Å²) < 4.78 is 10.5. The van der Waals surface area contributed by atoms with Crippen LogP contribution < -0.4 is 0 Å². The van der Waals surface area contributed by atoms with E-state index in [9.17, 15) is 4.79 Å². The molecule has 0 saturated heterocycles. The fourth-order valence-corrected chi connectivity index (χ4v) is 1.69. The highest BCUT2D eigenvalue weighted by molar-refractivity contribution is 6.29. The van der Waals surface area contributed by atoms with Crippen molar-refractivity contribution in [3.8, 4) is 0 Å². The molecule has 0 aromatic heterocycles. The molecule has 1 atom stereocenters. The number of hydrogen-bond acceptors (Lipinski definition) is 3. The number of carbonyl (C=O) groups is 1. The Bertz CT molecular complexity index is 180. The standard InChI is InChI=1S/C9H18O3Si/c1-5-8(13-11-6-2)12-9(10)7(3)4/h8H,3,5-6,13H2,1-2,4H3. The SMILES string of the molecule is C=C(C)C(=O)OC(CC)[SiH2]OCC. The zero-order valence-electron chi connectivity index (χ0n) is 8.63. The first-order chi connectivity index (χ1) is 6.11. The first kappa shape index (κ1) is 12.4. The zero-order chi connectivity index (χ0) is 10.3. The monoisotopic (exact) mass is 202 g/mol. The van der Waals surface area contributed by atoms with Crippen LogP contribution in [0.1, 0.15) is 27.2 Å². The summed E-state index contributed by atoms with van der Waals surface area (Å²) in [6, 6.07) is 0. The Hall–Kier alpha value is -0.613. The van der Waals surface area contributed by atoms with E-state index in [1.165, 1.54) is 0 Å². The lowest BCUT2D eigenvalue weighted by atomic mass is 10.4. The average molecular weight is 202 g/mol. The topological polar surface area (TPSA) is 35.5 Å². The first-order valence-electron chi connectivity index (χ1n) is 4.56. The summed E-state index contributed by atoms with van der Waals surface area (Å²) in [6.07, 6.45) is 0.825. The van der Waals surface area contributed by atoms with E-state index in [0.717, 1.165) is 6.42 Å². The quantitative estimate of drug-likeness (QED) is 0.366. The van der Waals surface area contributed by atoms with Crippen LogP contribution in [0.4, 0.5) is 0 Å². The number of ether oxygens (including phenoxy) is 1. The van der Waals surface area contributed by atoms with Crippen molar-refractivity contribution in [1.29, 1.82) is 0 Å². The second kappa shape index (κ2) is 6.86. The summed E-state index contributed by atoms with van der Waals surface area (Å²) in [6.45, 7) is 9.81. The van der Waals surface area contributed by atoms with Gasteiger partial charge in [0.05, 0.1) is 0 Å². The van der Waals surface area contributed by atoms with E-state index in [2.05, 4.69) is 6.58 Å². The Morgan fingerprint density at radius 3 is 2.54 bits per heavy atom. The van der Waals surface area contributed by atoms with Crippen molar-refractivity contribution in [1.82, 2.24) is 0 Å². The smallest absolute Gasteiger partial charge is 0.333 e. The molecule has 0 aliphatic rings. The fourth-order valence-electron chi connectivity index (χ4n) is 0.736. The largest absolute Gasteiger partial charge is 0.461 e. The summed E-state index contributed by atoms with van der Waals surface area (Å²) in [5.74, 6) is -0.306. The minimum absolute atomic E-state index is 0.0100. The number of rotatable bonds is 6. The molecule has 0 aliphatic carbocycles. The van der Waals surface area contributed by atoms with E-state index in [-0.39, 0.29) is 11.7 Å². The van der Waals surface area contributed by atoms with Gasteiger partial charge in [-0.3, -0.25) is 0 Å². The van der Waals surface area contributed by atoms with Gasteiger partial charge in [-0.15, -0.1) is 0 Å². The maximum Gasteiger partial charge on any atom is 0.333 e. The van der Waals surface area contributed by atoms with Gasteiger partial charge in [-0.2, -0.15) is 0 Å². The van der Waals surface area contributed by atoms with E-state index in [1.807, 2.05) is 13.8 Å². The van der Waals surface area contributed by atoms with Crippen molar-refractivity contribution in [2.45, 2.75) is 32.9 Å². The molecule has 0 saturated carbocycles. The van der Waals surface area contributed by atoms with Crippen LogP contribution >= 0.6 is 0 Å². The molecule has 0 radical (unpaired) electrons. The summed E-state index contributed by atoms with van der Waals surface area (Å²) in [7, 11) is -0.734. The molecule has 13 heavy (non-hydrogen) atoms. The van der Waals surface area contributed by atoms with Crippen LogP contribution in [0, 0.1) is 0 Å². The predicted molar refractivity (Wildman–Crippen MR) is 55.2 cm³/mol. The van der Waals surface area contributed by atoms with Gasteiger partial charge in [0, 0.05) is 12.2 Å². The lowest BCUT2D eigenvalue weighted by molar-refractivity contribution is -0.141. The van der Waals surface area contributed by atoms with E-state index in [4.69, 9.17) is 9.16 Å². The number of carbonyl (C=O) groups excluding carboxylic acids is 1. The molecule has 0 amide bonds. The molecule has 0 aromatic carbocycles. The highest BCUT2D eigenvalue weighted by Gasteiger charge is 2.13. The van der Waals surface area contributed by atoms with Crippen LogP contribution in [0.3, 0.4) is 0 Å². The van der Waals surface area contributed by atoms with E-state index in [0.29, 0.717) is 12.2 Å². The van der Waals surface area contributed by atoms with E-state index in [1.54, 1.807) is 6.92 Å². The zero-order valence-corrected chi connectivity index (χ0v) is 10.0. The van der Waals surface area contributed by atoms with Gasteiger partial charge in [-0.05, 0) is 20.3 Å². The third-order valence-electron chi connectivity index (χ3n) is 1.59. The second-order valence-electron chi connectivity index (χ2n) is 2.88. The van der Waals surface area contributed by atoms with Crippen molar-refractivity contribution in [3.63, 3.8) is 0 Å². The Labute approximate surface area is 82.1 Å². The van der Waals surface area contributed by atoms with Gasteiger partial charge in [0.1, 0.15) is 5.73 Å². The molecule has 0 spiro atoms. The lowest BCUT2D eigenvalue weighted by Gasteiger charge is -2.14. The maximum absolute atomic E-state index is 11.1. The highest BCUT2D eigenvalue weighted by Crippen LogP contribution is 2.01. The van der Waals surface area contributed by atoms with Gasteiger partial charge in [0.15, 0.2) is 0 Å². The minimum atomic E-state index is -0.734. The minimum Gasteiger partial charge on any atom is -0.461 e. The number of esters is 1. The van der Waals surface area contributed by atoms with Crippen molar-refractivity contribution < 1.29 is 14.0 Å². The molecule has 0 N–H and O–H groups in total. The molecule has 4 heteroatoms. The molecule has 0 fully saturated rings. The van der Waals surface area contributed by atoms with Crippen LogP contribution in [0.2, 0.25) is 0 Å².